The van der Waals surface area contributed by atoms with E-state index in [1.54, 1.807) is 18.3 Å². The van der Waals surface area contributed by atoms with Crippen molar-refractivity contribution in [1.82, 2.24) is 14.9 Å². The van der Waals surface area contributed by atoms with Gasteiger partial charge in [0.05, 0.1) is 24.4 Å². The molecule has 1 N–H and O–H groups in total. The standard InChI is InChI=1S/C27H24N4O2S/c1-18-7-5-8-21(17-18)31-25(24(29-27(31)34)22-9-3-4-15-28-22)23-10-6-16-30(23)20-13-11-19(12-14-20)26(32)33-2/h3-17,24-25H,1-2H3,(H,29,34)/t24-,25+/m0/s1. The lowest BCUT2D eigenvalue weighted by Gasteiger charge is -2.29. The van der Waals surface area contributed by atoms with Crippen molar-refractivity contribution in [3.63, 3.8) is 0 Å². The van der Waals surface area contributed by atoms with Gasteiger partial charge in [-0.15, -0.1) is 0 Å². The van der Waals surface area contributed by atoms with Gasteiger partial charge in [-0.2, -0.15) is 0 Å². The Hall–Kier alpha value is -3.97. The SMILES string of the molecule is COC(=O)c1ccc(-n2cccc2[C@@H]2[C@H](c3ccccn3)NC(=S)N2c2cccc(C)c2)cc1. The van der Waals surface area contributed by atoms with Crippen molar-refractivity contribution >= 4 is 29.0 Å². The molecular weight excluding hydrogens is 444 g/mol. The number of thiocarbonyl (C=S) groups is 1. The molecule has 0 amide bonds. The quantitative estimate of drug-likeness (QED) is 0.323. The molecule has 0 spiro atoms. The number of esters is 1. The molecule has 4 aromatic rings. The zero-order chi connectivity index (χ0) is 23.7. The van der Waals surface area contributed by atoms with Gasteiger partial charge in [0.2, 0.25) is 0 Å². The summed E-state index contributed by atoms with van der Waals surface area (Å²) in [6.07, 6.45) is 3.82. The predicted octanol–water partition coefficient (Wildman–Crippen LogP) is 5.14. The van der Waals surface area contributed by atoms with Crippen molar-refractivity contribution in [1.29, 1.82) is 0 Å². The van der Waals surface area contributed by atoms with E-state index >= 15 is 0 Å². The van der Waals surface area contributed by atoms with Gasteiger partial charge in [-0.25, -0.2) is 4.79 Å². The summed E-state index contributed by atoms with van der Waals surface area (Å²) in [5.74, 6) is -0.356. The van der Waals surface area contributed by atoms with Crippen LogP contribution in [0.1, 0.15) is 39.4 Å². The summed E-state index contributed by atoms with van der Waals surface area (Å²) in [6.45, 7) is 2.08. The lowest BCUT2D eigenvalue weighted by atomic mass is 10.0. The average molecular weight is 469 g/mol. The number of aryl methyl sites for hydroxylation is 1. The third-order valence-corrected chi connectivity index (χ3v) is 6.34. The number of anilines is 1. The van der Waals surface area contributed by atoms with Crippen molar-refractivity contribution in [2.45, 2.75) is 19.0 Å². The van der Waals surface area contributed by atoms with Gasteiger partial charge in [0.1, 0.15) is 6.04 Å². The molecule has 170 valence electrons. The molecule has 1 aliphatic heterocycles. The summed E-state index contributed by atoms with van der Waals surface area (Å²) in [4.78, 5) is 18.7. The van der Waals surface area contributed by atoms with Gasteiger partial charge >= 0.3 is 5.97 Å². The molecule has 7 heteroatoms. The Bertz CT molecular complexity index is 1330. The highest BCUT2D eigenvalue weighted by Gasteiger charge is 2.42. The maximum atomic E-state index is 11.9. The topological polar surface area (TPSA) is 59.4 Å². The number of benzene rings is 2. The Morgan fingerprint density at radius 1 is 1.00 bits per heavy atom. The molecule has 0 saturated carbocycles. The minimum absolute atomic E-state index is 0.139. The second-order valence-electron chi connectivity index (χ2n) is 8.18. The molecule has 5 rings (SSSR count). The van der Waals surface area contributed by atoms with E-state index in [9.17, 15) is 4.79 Å². The number of nitrogens with one attached hydrogen (secondary N) is 1. The molecule has 2 atom stereocenters. The van der Waals surface area contributed by atoms with E-state index in [0.29, 0.717) is 10.7 Å². The van der Waals surface area contributed by atoms with Crippen LogP contribution in [-0.2, 0) is 4.74 Å². The Balaban J connectivity index is 1.62. The van der Waals surface area contributed by atoms with Crippen LogP contribution in [0.3, 0.4) is 0 Å². The minimum atomic E-state index is -0.356. The third-order valence-electron chi connectivity index (χ3n) is 6.03. The zero-order valence-corrected chi connectivity index (χ0v) is 19.7. The molecule has 2 aromatic heterocycles. The highest BCUT2D eigenvalue weighted by Crippen LogP contribution is 2.42. The number of hydrogen-bond donors (Lipinski definition) is 1. The lowest BCUT2D eigenvalue weighted by molar-refractivity contribution is 0.0600. The molecule has 3 heterocycles. The van der Waals surface area contributed by atoms with Gasteiger partial charge in [-0.05, 0) is 85.4 Å². The fraction of sp³-hybridized carbons (Fsp3) is 0.148. The molecule has 0 radical (unpaired) electrons. The van der Waals surface area contributed by atoms with E-state index in [1.165, 1.54) is 7.11 Å². The Morgan fingerprint density at radius 2 is 1.82 bits per heavy atom. The van der Waals surface area contributed by atoms with Crippen LogP contribution in [0, 0.1) is 6.92 Å². The third kappa shape index (κ3) is 3.95. The predicted molar refractivity (Wildman–Crippen MR) is 136 cm³/mol. The molecule has 0 unspecified atom stereocenters. The van der Waals surface area contributed by atoms with Crippen LogP contribution in [0.2, 0.25) is 0 Å². The van der Waals surface area contributed by atoms with Crippen molar-refractivity contribution in [3.05, 3.63) is 114 Å². The second kappa shape index (κ2) is 9.11. The van der Waals surface area contributed by atoms with Crippen LogP contribution >= 0.6 is 12.2 Å². The van der Waals surface area contributed by atoms with E-state index in [0.717, 1.165) is 28.3 Å². The van der Waals surface area contributed by atoms with E-state index in [-0.39, 0.29) is 18.1 Å². The molecule has 2 aromatic carbocycles. The van der Waals surface area contributed by atoms with Gasteiger partial charge in [0.15, 0.2) is 5.11 Å². The first-order valence-electron chi connectivity index (χ1n) is 11.0. The second-order valence-corrected chi connectivity index (χ2v) is 8.56. The van der Waals surface area contributed by atoms with Gasteiger partial charge in [0.25, 0.3) is 0 Å². The van der Waals surface area contributed by atoms with Crippen molar-refractivity contribution in [3.8, 4) is 5.69 Å². The van der Waals surface area contributed by atoms with Crippen LogP contribution in [0.4, 0.5) is 5.69 Å². The fourth-order valence-corrected chi connectivity index (χ4v) is 4.80. The Morgan fingerprint density at radius 3 is 2.53 bits per heavy atom. The van der Waals surface area contributed by atoms with E-state index in [2.05, 4.69) is 51.0 Å². The van der Waals surface area contributed by atoms with E-state index in [4.69, 9.17) is 17.0 Å². The van der Waals surface area contributed by atoms with Crippen LogP contribution in [-0.4, -0.2) is 27.7 Å². The number of methoxy groups -OCH3 is 1. The summed E-state index contributed by atoms with van der Waals surface area (Å²) in [7, 11) is 1.38. The summed E-state index contributed by atoms with van der Waals surface area (Å²) in [5, 5.41) is 4.16. The lowest BCUT2D eigenvalue weighted by Crippen LogP contribution is -2.30. The maximum Gasteiger partial charge on any atom is 0.337 e. The fourth-order valence-electron chi connectivity index (χ4n) is 4.46. The van der Waals surface area contributed by atoms with Crippen LogP contribution in [0.25, 0.3) is 5.69 Å². The molecule has 6 nitrogen and oxygen atoms in total. The number of carbonyl (C=O) groups is 1. The van der Waals surface area contributed by atoms with Gasteiger partial charge < -0.3 is 19.5 Å². The molecule has 34 heavy (non-hydrogen) atoms. The smallest absolute Gasteiger partial charge is 0.337 e. The van der Waals surface area contributed by atoms with Gasteiger partial charge in [-0.3, -0.25) is 4.98 Å². The highest BCUT2D eigenvalue weighted by atomic mass is 32.1. The maximum absolute atomic E-state index is 11.9. The zero-order valence-electron chi connectivity index (χ0n) is 18.9. The number of hydrogen-bond acceptors (Lipinski definition) is 4. The molecular formula is C27H24N4O2S. The first-order chi connectivity index (χ1) is 16.6. The molecule has 0 aliphatic carbocycles. The first kappa shape index (κ1) is 21.9. The van der Waals surface area contributed by atoms with E-state index in [1.807, 2.05) is 48.7 Å². The minimum Gasteiger partial charge on any atom is -0.465 e. The number of rotatable bonds is 5. The number of carbonyl (C=O) groups excluding carboxylic acids is 1. The number of nitrogens with zero attached hydrogens (tertiary/aromatic N) is 3. The Labute approximate surface area is 203 Å². The van der Waals surface area contributed by atoms with Gasteiger partial charge in [0, 0.05) is 29.5 Å². The number of pyridine rings is 1. The summed E-state index contributed by atoms with van der Waals surface area (Å²) in [5.41, 5.74) is 5.60. The summed E-state index contributed by atoms with van der Waals surface area (Å²) >= 11 is 5.84. The number of ether oxygens (including phenoxy) is 1. The molecule has 1 saturated heterocycles. The monoisotopic (exact) mass is 468 g/mol. The van der Waals surface area contributed by atoms with E-state index < -0.39 is 0 Å². The number of aromatic nitrogens is 2. The van der Waals surface area contributed by atoms with Crippen LogP contribution in [0.5, 0.6) is 0 Å². The van der Waals surface area contributed by atoms with Crippen molar-refractivity contribution < 1.29 is 9.53 Å². The normalized spacial score (nSPS) is 17.5. The largest absolute Gasteiger partial charge is 0.465 e. The Kier molecular flexibility index (Phi) is 5.86. The average Bonchev–Trinajstić information content (AvgIpc) is 3.48. The molecule has 1 fully saturated rings. The van der Waals surface area contributed by atoms with Gasteiger partial charge in [-0.1, -0.05) is 18.2 Å². The molecule has 0 bridgehead atoms. The molecule has 1 aliphatic rings. The van der Waals surface area contributed by atoms with Crippen molar-refractivity contribution in [2.75, 3.05) is 12.0 Å². The van der Waals surface area contributed by atoms with Crippen LogP contribution in [0.15, 0.2) is 91.3 Å². The highest BCUT2D eigenvalue weighted by molar-refractivity contribution is 7.80. The van der Waals surface area contributed by atoms with Crippen LogP contribution < -0.4 is 10.2 Å². The summed E-state index contributed by atoms with van der Waals surface area (Å²) in [6, 6.07) is 25.5. The first-order valence-corrected chi connectivity index (χ1v) is 11.4. The van der Waals surface area contributed by atoms with Crippen molar-refractivity contribution in [2.24, 2.45) is 0 Å². The summed E-state index contributed by atoms with van der Waals surface area (Å²) < 4.78 is 6.96.